The van der Waals surface area contributed by atoms with Gasteiger partial charge in [0, 0.05) is 5.56 Å². The number of nitrogens with zero attached hydrogens (tertiary/aromatic N) is 3. The molecule has 1 heterocycles. The maximum atomic E-state index is 5.05. The molecule has 1 aromatic carbocycles. The molecule has 0 N–H and O–H groups in total. The summed E-state index contributed by atoms with van der Waals surface area (Å²) < 4.78 is 10.1. The standard InChI is InChI=1S/C13H14N3O2/c1-8-6-5-7-9(2)10(8)11-14-12(17-3)16-13(15-11)18-4/h6-7H,1-4H3. The van der Waals surface area contributed by atoms with Crippen LogP contribution in [0.4, 0.5) is 0 Å². The molecule has 2 aromatic rings. The van der Waals surface area contributed by atoms with E-state index in [1.807, 2.05) is 26.0 Å². The smallest absolute Gasteiger partial charge is 0.322 e. The predicted octanol–water partition coefficient (Wildman–Crippen LogP) is 1.97. The van der Waals surface area contributed by atoms with Crippen molar-refractivity contribution >= 4 is 0 Å². The molecule has 2 rings (SSSR count). The average Bonchev–Trinajstić information content (AvgIpc) is 2.38. The van der Waals surface area contributed by atoms with E-state index in [-0.39, 0.29) is 12.0 Å². The van der Waals surface area contributed by atoms with Gasteiger partial charge in [0.1, 0.15) is 0 Å². The molecule has 93 valence electrons. The maximum absolute atomic E-state index is 5.05. The van der Waals surface area contributed by atoms with Crippen LogP contribution in [0.2, 0.25) is 0 Å². The number of rotatable bonds is 3. The van der Waals surface area contributed by atoms with Gasteiger partial charge in [-0.15, -0.1) is 4.98 Å². The second-order valence-electron chi connectivity index (χ2n) is 3.83. The van der Waals surface area contributed by atoms with Crippen molar-refractivity contribution in [1.29, 1.82) is 0 Å². The Morgan fingerprint density at radius 3 is 1.83 bits per heavy atom. The van der Waals surface area contributed by atoms with Gasteiger partial charge in [-0.05, 0) is 31.0 Å². The normalized spacial score (nSPS) is 10.2. The number of methoxy groups -OCH3 is 2. The molecule has 0 saturated heterocycles. The van der Waals surface area contributed by atoms with Crippen LogP contribution in [0.15, 0.2) is 12.1 Å². The molecule has 1 radical (unpaired) electrons. The summed E-state index contributed by atoms with van der Waals surface area (Å²) in [7, 11) is 3.02. The molecule has 0 unspecified atom stereocenters. The van der Waals surface area contributed by atoms with Gasteiger partial charge in [0.05, 0.1) is 14.2 Å². The van der Waals surface area contributed by atoms with Crippen LogP contribution in [0.5, 0.6) is 12.0 Å². The maximum Gasteiger partial charge on any atom is 0.322 e. The molecule has 0 aliphatic rings. The van der Waals surface area contributed by atoms with Crippen LogP contribution in [0.1, 0.15) is 11.1 Å². The van der Waals surface area contributed by atoms with E-state index in [4.69, 9.17) is 9.47 Å². The third-order valence-electron chi connectivity index (χ3n) is 2.57. The van der Waals surface area contributed by atoms with E-state index < -0.39 is 0 Å². The third-order valence-corrected chi connectivity index (χ3v) is 2.57. The van der Waals surface area contributed by atoms with Crippen LogP contribution in [-0.2, 0) is 0 Å². The highest BCUT2D eigenvalue weighted by molar-refractivity contribution is 5.64. The lowest BCUT2D eigenvalue weighted by Gasteiger charge is -2.09. The molecule has 18 heavy (non-hydrogen) atoms. The zero-order chi connectivity index (χ0) is 13.1. The minimum absolute atomic E-state index is 0.239. The Balaban J connectivity index is 2.63. The molecule has 5 heteroatoms. The molecule has 0 fully saturated rings. The van der Waals surface area contributed by atoms with Gasteiger partial charge in [-0.2, -0.15) is 9.97 Å². The Morgan fingerprint density at radius 2 is 1.39 bits per heavy atom. The quantitative estimate of drug-likeness (QED) is 0.826. The number of hydrogen-bond donors (Lipinski definition) is 0. The second kappa shape index (κ2) is 5.00. The van der Waals surface area contributed by atoms with E-state index in [0.717, 1.165) is 16.7 Å². The fourth-order valence-electron chi connectivity index (χ4n) is 1.73. The predicted molar refractivity (Wildman–Crippen MR) is 66.7 cm³/mol. The summed E-state index contributed by atoms with van der Waals surface area (Å²) >= 11 is 0. The van der Waals surface area contributed by atoms with Crippen molar-refractivity contribution < 1.29 is 9.47 Å². The molecule has 0 aliphatic heterocycles. The lowest BCUT2D eigenvalue weighted by atomic mass is 10.0. The summed E-state index contributed by atoms with van der Waals surface area (Å²) in [6, 6.07) is 7.33. The van der Waals surface area contributed by atoms with Crippen molar-refractivity contribution in [2.45, 2.75) is 13.8 Å². The summed E-state index contributed by atoms with van der Waals surface area (Å²) in [5.74, 6) is 0.544. The van der Waals surface area contributed by atoms with Crippen molar-refractivity contribution in [2.24, 2.45) is 0 Å². The topological polar surface area (TPSA) is 57.1 Å². The van der Waals surface area contributed by atoms with E-state index in [2.05, 4.69) is 21.0 Å². The molecule has 0 spiro atoms. The SMILES string of the molecule is COc1nc(OC)nc(-c2c(C)c[c]cc2C)n1. The van der Waals surface area contributed by atoms with Gasteiger partial charge in [-0.25, -0.2) is 0 Å². The van der Waals surface area contributed by atoms with Crippen LogP contribution in [-0.4, -0.2) is 29.2 Å². The largest absolute Gasteiger partial charge is 0.467 e. The first-order valence-corrected chi connectivity index (χ1v) is 5.47. The fraction of sp³-hybridized carbons (Fsp3) is 0.308. The van der Waals surface area contributed by atoms with Gasteiger partial charge in [0.2, 0.25) is 0 Å². The summed E-state index contributed by atoms with van der Waals surface area (Å²) in [4.78, 5) is 12.5. The number of aryl methyl sites for hydroxylation is 2. The summed E-state index contributed by atoms with van der Waals surface area (Å²) in [6.45, 7) is 3.98. The minimum atomic E-state index is 0.239. The molecule has 0 atom stereocenters. The summed E-state index contributed by atoms with van der Waals surface area (Å²) in [5, 5.41) is 0. The Morgan fingerprint density at radius 1 is 0.889 bits per heavy atom. The number of ether oxygens (including phenoxy) is 2. The van der Waals surface area contributed by atoms with Gasteiger partial charge in [-0.1, -0.05) is 12.1 Å². The monoisotopic (exact) mass is 244 g/mol. The lowest BCUT2D eigenvalue weighted by Crippen LogP contribution is -2.02. The molecule has 5 nitrogen and oxygen atoms in total. The molecule has 1 aromatic heterocycles. The number of hydrogen-bond acceptors (Lipinski definition) is 5. The first-order chi connectivity index (χ1) is 8.65. The zero-order valence-corrected chi connectivity index (χ0v) is 10.8. The average molecular weight is 244 g/mol. The fourth-order valence-corrected chi connectivity index (χ4v) is 1.73. The Kier molecular flexibility index (Phi) is 3.41. The van der Waals surface area contributed by atoms with Crippen molar-refractivity contribution in [3.63, 3.8) is 0 Å². The van der Waals surface area contributed by atoms with Crippen molar-refractivity contribution in [2.75, 3.05) is 14.2 Å². The third kappa shape index (κ3) is 2.25. The number of aromatic nitrogens is 3. The molecule has 0 aliphatic carbocycles. The molecule has 0 saturated carbocycles. The van der Waals surface area contributed by atoms with Crippen molar-refractivity contribution in [3.8, 4) is 23.4 Å². The van der Waals surface area contributed by atoms with Crippen molar-refractivity contribution in [1.82, 2.24) is 15.0 Å². The highest BCUT2D eigenvalue weighted by Crippen LogP contribution is 2.25. The highest BCUT2D eigenvalue weighted by atomic mass is 16.5. The van der Waals surface area contributed by atoms with Crippen molar-refractivity contribution in [3.05, 3.63) is 29.3 Å². The van der Waals surface area contributed by atoms with E-state index in [1.165, 1.54) is 14.2 Å². The highest BCUT2D eigenvalue weighted by Gasteiger charge is 2.13. The molecule has 0 amide bonds. The molecular formula is C13H14N3O2. The molecule has 0 bridgehead atoms. The summed E-state index contributed by atoms with van der Waals surface area (Å²) in [6.07, 6.45) is 0. The van der Waals surface area contributed by atoms with Crippen LogP contribution < -0.4 is 9.47 Å². The Hall–Kier alpha value is -2.17. The van der Waals surface area contributed by atoms with E-state index >= 15 is 0 Å². The van der Waals surface area contributed by atoms with Crippen LogP contribution in [0.25, 0.3) is 11.4 Å². The first kappa shape index (κ1) is 12.3. The van der Waals surface area contributed by atoms with E-state index in [9.17, 15) is 0 Å². The first-order valence-electron chi connectivity index (χ1n) is 5.47. The van der Waals surface area contributed by atoms with Gasteiger partial charge in [-0.3, -0.25) is 0 Å². The summed E-state index contributed by atoms with van der Waals surface area (Å²) in [5.41, 5.74) is 3.04. The minimum Gasteiger partial charge on any atom is -0.467 e. The Bertz CT molecular complexity index is 528. The van der Waals surface area contributed by atoms with E-state index in [0.29, 0.717) is 5.82 Å². The van der Waals surface area contributed by atoms with Crippen LogP contribution >= 0.6 is 0 Å². The van der Waals surface area contributed by atoms with Crippen LogP contribution in [0, 0.1) is 19.9 Å². The van der Waals surface area contributed by atoms with Gasteiger partial charge < -0.3 is 9.47 Å². The second-order valence-corrected chi connectivity index (χ2v) is 3.83. The molecular weight excluding hydrogens is 230 g/mol. The van der Waals surface area contributed by atoms with E-state index in [1.54, 1.807) is 0 Å². The zero-order valence-electron chi connectivity index (χ0n) is 10.8. The van der Waals surface area contributed by atoms with Gasteiger partial charge in [0.25, 0.3) is 0 Å². The Labute approximate surface area is 106 Å². The van der Waals surface area contributed by atoms with Gasteiger partial charge in [0.15, 0.2) is 5.82 Å². The van der Waals surface area contributed by atoms with Crippen LogP contribution in [0.3, 0.4) is 0 Å². The van der Waals surface area contributed by atoms with Gasteiger partial charge >= 0.3 is 12.0 Å². The lowest BCUT2D eigenvalue weighted by molar-refractivity contribution is 0.341. The number of benzene rings is 1.